The fourth-order valence-electron chi connectivity index (χ4n) is 2.38. The molecule has 0 saturated heterocycles. The summed E-state index contributed by atoms with van der Waals surface area (Å²) in [6.07, 6.45) is 8.59. The van der Waals surface area contributed by atoms with Gasteiger partial charge >= 0.3 is 0 Å². The minimum atomic E-state index is 0.617. The highest BCUT2D eigenvalue weighted by Gasteiger charge is 2.14. The quantitative estimate of drug-likeness (QED) is 0.831. The Hall–Kier alpha value is -2.14. The third kappa shape index (κ3) is 4.20. The van der Waals surface area contributed by atoms with Crippen LogP contribution < -0.4 is 5.32 Å². The Morgan fingerprint density at radius 2 is 2.09 bits per heavy atom. The summed E-state index contributed by atoms with van der Waals surface area (Å²) in [7, 11) is 1.68. The molecule has 5 nitrogen and oxygen atoms in total. The van der Waals surface area contributed by atoms with Crippen molar-refractivity contribution in [2.24, 2.45) is 0 Å². The van der Waals surface area contributed by atoms with Crippen molar-refractivity contribution in [1.82, 2.24) is 9.97 Å². The molecule has 2 aromatic rings. The summed E-state index contributed by atoms with van der Waals surface area (Å²) in [4.78, 5) is 8.88. The smallest absolute Gasteiger partial charge is 0.195 e. The third-order valence-corrected chi connectivity index (χ3v) is 3.36. The van der Waals surface area contributed by atoms with Crippen molar-refractivity contribution in [3.8, 4) is 0 Å². The van der Waals surface area contributed by atoms with Crippen LogP contribution in [-0.2, 0) is 4.74 Å². The molecular formula is C18H25N3O2. The van der Waals surface area contributed by atoms with Crippen LogP contribution in [0.2, 0.25) is 0 Å². The van der Waals surface area contributed by atoms with E-state index in [0.717, 1.165) is 41.3 Å². The highest BCUT2D eigenvalue weighted by Crippen LogP contribution is 2.30. The summed E-state index contributed by atoms with van der Waals surface area (Å²) in [5, 5.41) is 3.24. The van der Waals surface area contributed by atoms with Crippen LogP contribution in [0, 0.1) is 6.92 Å². The molecule has 2 heterocycles. The van der Waals surface area contributed by atoms with E-state index in [-0.39, 0.29) is 0 Å². The van der Waals surface area contributed by atoms with Gasteiger partial charge in [0.1, 0.15) is 17.1 Å². The molecule has 23 heavy (non-hydrogen) atoms. The molecule has 0 fully saturated rings. The highest BCUT2D eigenvalue weighted by molar-refractivity contribution is 5.88. The maximum Gasteiger partial charge on any atom is 0.195 e. The number of aromatic nitrogens is 2. The lowest BCUT2D eigenvalue weighted by atomic mass is 10.1. The Morgan fingerprint density at radius 1 is 1.26 bits per heavy atom. The van der Waals surface area contributed by atoms with Gasteiger partial charge in [-0.05, 0) is 19.8 Å². The molecule has 124 valence electrons. The van der Waals surface area contributed by atoms with Crippen molar-refractivity contribution in [2.45, 2.75) is 33.6 Å². The van der Waals surface area contributed by atoms with Crippen LogP contribution in [0.1, 0.15) is 38.3 Å². The predicted octanol–water partition coefficient (Wildman–Crippen LogP) is 4.35. The lowest BCUT2D eigenvalue weighted by molar-refractivity contribution is 0.210. The fourth-order valence-corrected chi connectivity index (χ4v) is 2.38. The van der Waals surface area contributed by atoms with Crippen LogP contribution in [0.15, 0.2) is 28.7 Å². The molecule has 0 spiro atoms. The van der Waals surface area contributed by atoms with Crippen molar-refractivity contribution >= 4 is 22.5 Å². The maximum absolute atomic E-state index is 5.98. The number of fused-ring (bicyclic) bond motifs is 1. The number of methoxy groups -OCH3 is 1. The molecule has 0 aliphatic heterocycles. The largest absolute Gasteiger partial charge is 0.450 e. The molecule has 0 atom stereocenters. The van der Waals surface area contributed by atoms with Crippen molar-refractivity contribution in [3.05, 3.63) is 35.9 Å². The molecule has 0 saturated carbocycles. The molecule has 3 rings (SSSR count). The van der Waals surface area contributed by atoms with E-state index >= 15 is 0 Å². The van der Waals surface area contributed by atoms with Crippen LogP contribution in [0.3, 0.4) is 0 Å². The Balaban J connectivity index is 0.000000924. The van der Waals surface area contributed by atoms with E-state index in [1.807, 2.05) is 26.8 Å². The lowest BCUT2D eigenvalue weighted by Crippen LogP contribution is -2.09. The summed E-state index contributed by atoms with van der Waals surface area (Å²) in [6.45, 7) is 7.18. The zero-order valence-electron chi connectivity index (χ0n) is 14.3. The number of hydrogen-bond acceptors (Lipinski definition) is 5. The number of ether oxygens (including phenoxy) is 1. The van der Waals surface area contributed by atoms with Crippen LogP contribution in [-0.4, -0.2) is 30.2 Å². The van der Waals surface area contributed by atoms with Gasteiger partial charge in [0, 0.05) is 25.3 Å². The van der Waals surface area contributed by atoms with Crippen LogP contribution in [0.25, 0.3) is 16.7 Å². The van der Waals surface area contributed by atoms with Gasteiger partial charge in [-0.3, -0.25) is 0 Å². The minimum absolute atomic E-state index is 0.617. The van der Waals surface area contributed by atoms with Gasteiger partial charge in [-0.1, -0.05) is 32.1 Å². The number of nitrogens with zero attached hydrogens (tertiary/aromatic N) is 2. The minimum Gasteiger partial charge on any atom is -0.450 e. The van der Waals surface area contributed by atoms with Gasteiger partial charge in [-0.2, -0.15) is 0 Å². The van der Waals surface area contributed by atoms with Gasteiger partial charge in [0.15, 0.2) is 11.4 Å². The molecule has 0 amide bonds. The number of furan rings is 1. The van der Waals surface area contributed by atoms with Gasteiger partial charge in [0.2, 0.25) is 0 Å². The lowest BCUT2D eigenvalue weighted by Gasteiger charge is -2.06. The average Bonchev–Trinajstić information content (AvgIpc) is 3.02. The average molecular weight is 315 g/mol. The van der Waals surface area contributed by atoms with Crippen molar-refractivity contribution in [2.75, 3.05) is 25.6 Å². The number of nitrogens with one attached hydrogen (secondary N) is 1. The first-order valence-corrected chi connectivity index (χ1v) is 8.16. The summed E-state index contributed by atoms with van der Waals surface area (Å²) in [5.41, 5.74) is 2.64. The third-order valence-electron chi connectivity index (χ3n) is 3.36. The SMILES string of the molecule is CC.COCCNc1nc(C)nc2cc(C3=CCCC=C3)oc12. The molecule has 0 unspecified atom stereocenters. The molecule has 0 aromatic carbocycles. The summed E-state index contributed by atoms with van der Waals surface area (Å²) >= 11 is 0. The van der Waals surface area contributed by atoms with Crippen LogP contribution >= 0.6 is 0 Å². The zero-order chi connectivity index (χ0) is 16.7. The van der Waals surface area contributed by atoms with Gasteiger partial charge in [0.05, 0.1) is 6.61 Å². The molecular weight excluding hydrogens is 290 g/mol. The summed E-state index contributed by atoms with van der Waals surface area (Å²) in [6, 6.07) is 1.98. The van der Waals surface area contributed by atoms with E-state index in [1.54, 1.807) is 7.11 Å². The van der Waals surface area contributed by atoms with E-state index in [9.17, 15) is 0 Å². The molecule has 1 aliphatic carbocycles. The predicted molar refractivity (Wildman–Crippen MR) is 94.6 cm³/mol. The number of hydrogen-bond donors (Lipinski definition) is 1. The molecule has 5 heteroatoms. The first-order chi connectivity index (χ1) is 11.3. The summed E-state index contributed by atoms with van der Waals surface area (Å²) in [5.74, 6) is 2.29. The highest BCUT2D eigenvalue weighted by atomic mass is 16.5. The van der Waals surface area contributed by atoms with E-state index in [0.29, 0.717) is 18.7 Å². The molecule has 0 radical (unpaired) electrons. The van der Waals surface area contributed by atoms with E-state index in [2.05, 4.69) is 33.5 Å². The Bertz CT molecular complexity index is 702. The van der Waals surface area contributed by atoms with Gasteiger partial charge in [0.25, 0.3) is 0 Å². The van der Waals surface area contributed by atoms with E-state index in [1.165, 1.54) is 0 Å². The number of aryl methyl sites for hydroxylation is 1. The topological polar surface area (TPSA) is 60.2 Å². The second-order valence-electron chi connectivity index (χ2n) is 5.00. The van der Waals surface area contributed by atoms with Gasteiger partial charge in [-0.25, -0.2) is 9.97 Å². The van der Waals surface area contributed by atoms with Crippen molar-refractivity contribution < 1.29 is 9.15 Å². The second-order valence-corrected chi connectivity index (χ2v) is 5.00. The maximum atomic E-state index is 5.98. The number of rotatable bonds is 5. The standard InChI is InChI=1S/C16H19N3O2.C2H6/c1-11-18-13-10-14(12-6-4-3-5-7-12)21-15(13)16(19-11)17-8-9-20-2;1-2/h4,6-7,10H,3,5,8-9H2,1-2H3,(H,17,18,19);1-2H3. The van der Waals surface area contributed by atoms with Crippen LogP contribution in [0.5, 0.6) is 0 Å². The second kappa shape index (κ2) is 8.48. The van der Waals surface area contributed by atoms with Crippen molar-refractivity contribution in [1.29, 1.82) is 0 Å². The Labute approximate surface area is 137 Å². The first-order valence-electron chi connectivity index (χ1n) is 8.16. The van der Waals surface area contributed by atoms with Gasteiger partial charge in [-0.15, -0.1) is 0 Å². The number of anilines is 1. The van der Waals surface area contributed by atoms with Crippen LogP contribution in [0.4, 0.5) is 5.82 Å². The Kier molecular flexibility index (Phi) is 6.35. The molecule has 2 aromatic heterocycles. The van der Waals surface area contributed by atoms with Crippen molar-refractivity contribution in [3.63, 3.8) is 0 Å². The molecule has 1 aliphatic rings. The molecule has 1 N–H and O–H groups in total. The monoisotopic (exact) mass is 315 g/mol. The molecule has 0 bridgehead atoms. The zero-order valence-corrected chi connectivity index (χ0v) is 14.3. The van der Waals surface area contributed by atoms with Gasteiger partial charge < -0.3 is 14.5 Å². The van der Waals surface area contributed by atoms with E-state index in [4.69, 9.17) is 9.15 Å². The normalized spacial score (nSPS) is 13.5. The number of allylic oxidation sites excluding steroid dienone is 4. The first kappa shape index (κ1) is 17.2. The fraction of sp³-hybridized carbons (Fsp3) is 0.444. The van der Waals surface area contributed by atoms with E-state index < -0.39 is 0 Å². The Morgan fingerprint density at radius 3 is 2.78 bits per heavy atom. The summed E-state index contributed by atoms with van der Waals surface area (Å²) < 4.78 is 11.0.